The van der Waals surface area contributed by atoms with Crippen molar-refractivity contribution in [2.75, 3.05) is 6.54 Å². The molecule has 1 aromatic rings. The molecule has 0 aromatic heterocycles. The van der Waals surface area contributed by atoms with Crippen LogP contribution in [0.2, 0.25) is 0 Å². The first-order chi connectivity index (χ1) is 10.5. The number of nitriles is 1. The van der Waals surface area contributed by atoms with E-state index in [-0.39, 0.29) is 16.7 Å². The standard InChI is InChI=1S/C19H22N2O/c1-17-13-21(16(22)10-14-6-4-3-5-7-14)19(12-20)11-15(17)8-9-18(17,19)2/h3-7,15H,8-11,13H2,1-2H3/t15-,17+,18-,19+/m1/s1. The van der Waals surface area contributed by atoms with E-state index >= 15 is 0 Å². The fraction of sp³-hybridized carbons (Fsp3) is 0.579. The maximum Gasteiger partial charge on any atom is 0.228 e. The predicted octanol–water partition coefficient (Wildman–Crippen LogP) is 3.16. The monoisotopic (exact) mass is 294 g/mol. The van der Waals surface area contributed by atoms with Gasteiger partial charge in [-0.25, -0.2) is 0 Å². The fourth-order valence-corrected chi connectivity index (χ4v) is 5.68. The molecule has 3 heteroatoms. The summed E-state index contributed by atoms with van der Waals surface area (Å²) in [7, 11) is 0. The molecule has 4 rings (SSSR count). The van der Waals surface area contributed by atoms with Gasteiger partial charge in [0.2, 0.25) is 5.91 Å². The molecule has 114 valence electrons. The van der Waals surface area contributed by atoms with Crippen LogP contribution in [0.1, 0.15) is 38.7 Å². The lowest BCUT2D eigenvalue weighted by atomic mass is 9.66. The van der Waals surface area contributed by atoms with E-state index < -0.39 is 5.54 Å². The largest absolute Gasteiger partial charge is 0.323 e. The van der Waals surface area contributed by atoms with E-state index in [0.717, 1.165) is 24.9 Å². The molecule has 0 unspecified atom stereocenters. The van der Waals surface area contributed by atoms with E-state index in [4.69, 9.17) is 0 Å². The van der Waals surface area contributed by atoms with Crippen LogP contribution in [0.25, 0.3) is 0 Å². The SMILES string of the molecule is C[C@]12CC[C@@H]3C[C@@]1(C#N)N(C(=O)Cc1ccccc1)C[C@@]32C. The van der Waals surface area contributed by atoms with Gasteiger partial charge < -0.3 is 4.90 Å². The highest BCUT2D eigenvalue weighted by Crippen LogP contribution is 2.75. The van der Waals surface area contributed by atoms with E-state index in [0.29, 0.717) is 12.3 Å². The molecular weight excluding hydrogens is 272 g/mol. The number of rotatable bonds is 2. The van der Waals surface area contributed by atoms with Gasteiger partial charge in [0.25, 0.3) is 0 Å². The van der Waals surface area contributed by atoms with Crippen molar-refractivity contribution in [3.8, 4) is 6.07 Å². The number of piperidine rings is 1. The van der Waals surface area contributed by atoms with Crippen molar-refractivity contribution in [2.24, 2.45) is 16.7 Å². The highest BCUT2D eigenvalue weighted by Gasteiger charge is 2.78. The molecule has 0 spiro atoms. The molecule has 1 heterocycles. The summed E-state index contributed by atoms with van der Waals surface area (Å²) in [5.41, 5.74) is 0.543. The zero-order valence-corrected chi connectivity index (χ0v) is 13.3. The van der Waals surface area contributed by atoms with Crippen LogP contribution >= 0.6 is 0 Å². The average Bonchev–Trinajstić information content (AvgIpc) is 2.97. The lowest BCUT2D eigenvalue weighted by Crippen LogP contribution is -2.55. The van der Waals surface area contributed by atoms with Crippen LogP contribution in [-0.2, 0) is 11.2 Å². The Balaban J connectivity index is 1.68. The molecule has 0 radical (unpaired) electrons. The highest BCUT2D eigenvalue weighted by molar-refractivity contribution is 5.81. The van der Waals surface area contributed by atoms with E-state index in [1.807, 2.05) is 35.2 Å². The number of carbonyl (C=O) groups is 1. The third-order valence-corrected chi connectivity index (χ3v) is 7.24. The summed E-state index contributed by atoms with van der Waals surface area (Å²) in [6.45, 7) is 5.31. The molecule has 4 atom stereocenters. The Morgan fingerprint density at radius 1 is 1.36 bits per heavy atom. The first kappa shape index (κ1) is 13.8. The van der Waals surface area contributed by atoms with Crippen LogP contribution in [0, 0.1) is 28.1 Å². The Labute approximate surface area is 131 Å². The summed E-state index contributed by atoms with van der Waals surface area (Å²) >= 11 is 0. The smallest absolute Gasteiger partial charge is 0.228 e. The van der Waals surface area contributed by atoms with E-state index in [9.17, 15) is 10.1 Å². The Morgan fingerprint density at radius 2 is 2.09 bits per heavy atom. The lowest BCUT2D eigenvalue weighted by molar-refractivity contribution is -0.136. The van der Waals surface area contributed by atoms with E-state index in [2.05, 4.69) is 19.9 Å². The van der Waals surface area contributed by atoms with Gasteiger partial charge >= 0.3 is 0 Å². The maximum absolute atomic E-state index is 12.9. The van der Waals surface area contributed by atoms with Crippen molar-refractivity contribution >= 4 is 5.91 Å². The molecule has 3 fully saturated rings. The number of amides is 1. The number of hydrogen-bond acceptors (Lipinski definition) is 2. The number of hydrogen-bond donors (Lipinski definition) is 0. The quantitative estimate of drug-likeness (QED) is 0.841. The van der Waals surface area contributed by atoms with Crippen molar-refractivity contribution < 1.29 is 4.79 Å². The second-order valence-electron chi connectivity index (χ2n) is 7.80. The minimum atomic E-state index is -0.573. The molecule has 3 aliphatic rings. The third-order valence-electron chi connectivity index (χ3n) is 7.24. The van der Waals surface area contributed by atoms with Gasteiger partial charge in [0.05, 0.1) is 12.5 Å². The second-order valence-corrected chi connectivity index (χ2v) is 7.80. The number of benzene rings is 1. The summed E-state index contributed by atoms with van der Waals surface area (Å²) < 4.78 is 0. The first-order valence-corrected chi connectivity index (χ1v) is 8.22. The number of nitrogens with zero attached hydrogens (tertiary/aromatic N) is 2. The van der Waals surface area contributed by atoms with Crippen LogP contribution in [-0.4, -0.2) is 22.9 Å². The van der Waals surface area contributed by atoms with Crippen LogP contribution in [0.15, 0.2) is 30.3 Å². The summed E-state index contributed by atoms with van der Waals surface area (Å²) in [6, 6.07) is 12.4. The Morgan fingerprint density at radius 3 is 2.73 bits per heavy atom. The molecule has 22 heavy (non-hydrogen) atoms. The van der Waals surface area contributed by atoms with E-state index in [1.165, 1.54) is 6.42 Å². The lowest BCUT2D eigenvalue weighted by Gasteiger charge is -2.43. The molecule has 3 nitrogen and oxygen atoms in total. The van der Waals surface area contributed by atoms with Crippen molar-refractivity contribution in [3.63, 3.8) is 0 Å². The van der Waals surface area contributed by atoms with Gasteiger partial charge in [0.1, 0.15) is 5.54 Å². The van der Waals surface area contributed by atoms with Gasteiger partial charge in [0.15, 0.2) is 0 Å². The molecule has 1 saturated heterocycles. The van der Waals surface area contributed by atoms with Gasteiger partial charge in [-0.2, -0.15) is 5.26 Å². The average molecular weight is 294 g/mol. The van der Waals surface area contributed by atoms with Gasteiger partial charge in [0, 0.05) is 12.0 Å². The van der Waals surface area contributed by atoms with Gasteiger partial charge in [-0.3, -0.25) is 4.79 Å². The van der Waals surface area contributed by atoms with E-state index in [1.54, 1.807) is 0 Å². The molecule has 1 aliphatic heterocycles. The topological polar surface area (TPSA) is 44.1 Å². The van der Waals surface area contributed by atoms with Crippen molar-refractivity contribution in [3.05, 3.63) is 35.9 Å². The summed E-state index contributed by atoms with van der Waals surface area (Å²) in [5, 5.41) is 9.99. The van der Waals surface area contributed by atoms with Crippen molar-refractivity contribution in [1.82, 2.24) is 4.90 Å². The predicted molar refractivity (Wildman–Crippen MR) is 83.8 cm³/mol. The zero-order valence-electron chi connectivity index (χ0n) is 13.3. The van der Waals surface area contributed by atoms with Crippen molar-refractivity contribution in [1.29, 1.82) is 5.26 Å². The normalized spacial score (nSPS) is 41.7. The van der Waals surface area contributed by atoms with Crippen LogP contribution < -0.4 is 0 Å². The van der Waals surface area contributed by atoms with Gasteiger partial charge in [-0.15, -0.1) is 0 Å². The minimum Gasteiger partial charge on any atom is -0.323 e. The molecular formula is C19H22N2O. The molecule has 1 amide bonds. The molecule has 0 N–H and O–H groups in total. The van der Waals surface area contributed by atoms with Gasteiger partial charge in [-0.05, 0) is 36.2 Å². The summed E-state index contributed by atoms with van der Waals surface area (Å²) in [4.78, 5) is 14.8. The summed E-state index contributed by atoms with van der Waals surface area (Å²) in [6.07, 6.45) is 3.58. The Kier molecular flexibility index (Phi) is 2.59. The molecule has 2 aliphatic carbocycles. The van der Waals surface area contributed by atoms with Crippen LogP contribution in [0.4, 0.5) is 0 Å². The third kappa shape index (κ3) is 1.34. The highest BCUT2D eigenvalue weighted by atomic mass is 16.2. The molecule has 1 aromatic carbocycles. The molecule has 4 bridgehead atoms. The van der Waals surface area contributed by atoms with Gasteiger partial charge in [-0.1, -0.05) is 44.2 Å². The van der Waals surface area contributed by atoms with Crippen molar-refractivity contribution in [2.45, 2.75) is 45.1 Å². The number of likely N-dealkylation sites (tertiary alicyclic amines) is 1. The maximum atomic E-state index is 12.9. The first-order valence-electron chi connectivity index (χ1n) is 8.22. The summed E-state index contributed by atoms with van der Waals surface area (Å²) in [5.74, 6) is 0.723. The van der Waals surface area contributed by atoms with Crippen LogP contribution in [0.3, 0.4) is 0 Å². The molecule has 2 saturated carbocycles. The fourth-order valence-electron chi connectivity index (χ4n) is 5.68. The van der Waals surface area contributed by atoms with Crippen LogP contribution in [0.5, 0.6) is 0 Å². The Hall–Kier alpha value is -1.82. The second kappa shape index (κ2) is 4.13. The Bertz CT molecular complexity index is 678. The number of carbonyl (C=O) groups excluding carboxylic acids is 1. The minimum absolute atomic E-state index is 0.0359. The zero-order chi connectivity index (χ0) is 15.6.